The minimum absolute atomic E-state index is 0.0763. The predicted molar refractivity (Wildman–Crippen MR) is 73.6 cm³/mol. The molecule has 0 amide bonds. The maximum atomic E-state index is 5.67. The first-order valence-corrected chi connectivity index (χ1v) is 5.92. The third-order valence-corrected chi connectivity index (χ3v) is 2.97. The summed E-state index contributed by atoms with van der Waals surface area (Å²) >= 11 is 0. The Morgan fingerprint density at radius 3 is 2.56 bits per heavy atom. The predicted octanol–water partition coefficient (Wildman–Crippen LogP) is 1.72. The number of benzene rings is 1. The number of nitrogens with zero attached hydrogens (tertiary/aromatic N) is 1. The molecule has 94 valence electrons. The van der Waals surface area contributed by atoms with E-state index in [0.717, 1.165) is 12.0 Å². The van der Waals surface area contributed by atoms with Gasteiger partial charge in [-0.3, -0.25) is 11.3 Å². The smallest absolute Gasteiger partial charge is 0.123 e. The number of aromatic nitrogens is 1. The first-order valence-electron chi connectivity index (χ1n) is 5.92. The molecule has 0 radical (unpaired) electrons. The Balaban J connectivity index is 2.17. The molecule has 0 bridgehead atoms. The van der Waals surface area contributed by atoms with E-state index >= 15 is 0 Å². The van der Waals surface area contributed by atoms with Gasteiger partial charge in [0.15, 0.2) is 0 Å². The summed E-state index contributed by atoms with van der Waals surface area (Å²) in [6.07, 6.45) is 2.50. The number of pyridine rings is 1. The van der Waals surface area contributed by atoms with Gasteiger partial charge in [0, 0.05) is 12.2 Å². The van der Waals surface area contributed by atoms with Crippen LogP contribution >= 0.6 is 0 Å². The Kier molecular flexibility index (Phi) is 3.92. The minimum Gasteiger partial charge on any atom is -0.384 e. The normalized spacial score (nSPS) is 12.3. The van der Waals surface area contributed by atoms with E-state index in [9.17, 15) is 0 Å². The van der Waals surface area contributed by atoms with Gasteiger partial charge in [0.1, 0.15) is 5.82 Å². The minimum atomic E-state index is 0.0763. The lowest BCUT2D eigenvalue weighted by molar-refractivity contribution is 0.552. The lowest BCUT2D eigenvalue weighted by Gasteiger charge is -2.16. The first-order chi connectivity index (χ1) is 8.69. The van der Waals surface area contributed by atoms with Gasteiger partial charge in [-0.25, -0.2) is 4.98 Å². The van der Waals surface area contributed by atoms with Crippen molar-refractivity contribution in [1.29, 1.82) is 0 Å². The van der Waals surface area contributed by atoms with Gasteiger partial charge >= 0.3 is 0 Å². The van der Waals surface area contributed by atoms with E-state index < -0.39 is 0 Å². The first kappa shape index (κ1) is 12.5. The van der Waals surface area contributed by atoms with Gasteiger partial charge in [0.25, 0.3) is 0 Å². The molecule has 2 rings (SSSR count). The molecular formula is C14H18N4. The van der Waals surface area contributed by atoms with Gasteiger partial charge in [-0.1, -0.05) is 29.8 Å². The number of hydrogen-bond acceptors (Lipinski definition) is 4. The van der Waals surface area contributed by atoms with Crippen LogP contribution in [-0.2, 0) is 6.42 Å². The van der Waals surface area contributed by atoms with Crippen molar-refractivity contribution in [1.82, 2.24) is 10.4 Å². The number of hydrazine groups is 1. The van der Waals surface area contributed by atoms with E-state index in [1.807, 2.05) is 12.1 Å². The quantitative estimate of drug-likeness (QED) is 0.563. The molecule has 1 heterocycles. The molecule has 1 aromatic carbocycles. The topological polar surface area (TPSA) is 77.0 Å². The molecule has 0 aliphatic rings. The standard InChI is InChI=1S/C14H18N4/c1-10-2-4-12(5-3-10)13(18-16)8-11-6-7-17-14(15)9-11/h2-7,9,13,18H,8,16H2,1H3,(H2,15,17). The molecule has 2 aromatic rings. The van der Waals surface area contributed by atoms with E-state index in [2.05, 4.69) is 41.6 Å². The molecule has 4 nitrogen and oxygen atoms in total. The summed E-state index contributed by atoms with van der Waals surface area (Å²) in [7, 11) is 0. The van der Waals surface area contributed by atoms with Crippen LogP contribution in [0.15, 0.2) is 42.6 Å². The summed E-state index contributed by atoms with van der Waals surface area (Å²) in [5.41, 5.74) is 12.0. The van der Waals surface area contributed by atoms with Crippen LogP contribution in [0.4, 0.5) is 5.82 Å². The van der Waals surface area contributed by atoms with E-state index in [1.165, 1.54) is 11.1 Å². The molecule has 18 heavy (non-hydrogen) atoms. The van der Waals surface area contributed by atoms with Crippen LogP contribution in [0, 0.1) is 6.92 Å². The molecule has 0 fully saturated rings. The lowest BCUT2D eigenvalue weighted by Crippen LogP contribution is -2.29. The van der Waals surface area contributed by atoms with E-state index in [-0.39, 0.29) is 6.04 Å². The Morgan fingerprint density at radius 1 is 1.22 bits per heavy atom. The molecular weight excluding hydrogens is 224 g/mol. The van der Waals surface area contributed by atoms with Crippen LogP contribution < -0.4 is 17.0 Å². The molecule has 1 aromatic heterocycles. The number of hydrogen-bond donors (Lipinski definition) is 3. The molecule has 0 aliphatic heterocycles. The second-order valence-electron chi connectivity index (χ2n) is 4.42. The summed E-state index contributed by atoms with van der Waals surface area (Å²) in [4.78, 5) is 3.98. The molecule has 0 aliphatic carbocycles. The van der Waals surface area contributed by atoms with Gasteiger partial charge in [-0.15, -0.1) is 0 Å². The van der Waals surface area contributed by atoms with Crippen molar-refractivity contribution >= 4 is 5.82 Å². The average Bonchev–Trinajstić information content (AvgIpc) is 2.37. The van der Waals surface area contributed by atoms with Gasteiger partial charge in [0.05, 0.1) is 0 Å². The Morgan fingerprint density at radius 2 is 1.94 bits per heavy atom. The maximum Gasteiger partial charge on any atom is 0.123 e. The van der Waals surface area contributed by atoms with Gasteiger partial charge in [-0.05, 0) is 36.6 Å². The zero-order chi connectivity index (χ0) is 13.0. The van der Waals surface area contributed by atoms with Crippen molar-refractivity contribution in [2.75, 3.05) is 5.73 Å². The average molecular weight is 242 g/mol. The highest BCUT2D eigenvalue weighted by Crippen LogP contribution is 2.18. The highest BCUT2D eigenvalue weighted by molar-refractivity contribution is 5.33. The molecule has 0 saturated carbocycles. The van der Waals surface area contributed by atoms with E-state index in [4.69, 9.17) is 11.6 Å². The van der Waals surface area contributed by atoms with Crippen LogP contribution in [0.2, 0.25) is 0 Å². The monoisotopic (exact) mass is 242 g/mol. The summed E-state index contributed by atoms with van der Waals surface area (Å²) in [6, 6.07) is 12.2. The molecule has 4 heteroatoms. The highest BCUT2D eigenvalue weighted by atomic mass is 15.2. The zero-order valence-electron chi connectivity index (χ0n) is 10.4. The zero-order valence-corrected chi connectivity index (χ0v) is 10.4. The number of nitrogens with two attached hydrogens (primary N) is 2. The number of rotatable bonds is 4. The second-order valence-corrected chi connectivity index (χ2v) is 4.42. The van der Waals surface area contributed by atoms with Crippen LogP contribution in [-0.4, -0.2) is 4.98 Å². The number of anilines is 1. The fraction of sp³-hybridized carbons (Fsp3) is 0.214. The highest BCUT2D eigenvalue weighted by Gasteiger charge is 2.10. The summed E-state index contributed by atoms with van der Waals surface area (Å²) in [5, 5.41) is 0. The third kappa shape index (κ3) is 3.06. The van der Waals surface area contributed by atoms with Crippen LogP contribution in [0.5, 0.6) is 0 Å². The Hall–Kier alpha value is -1.91. The van der Waals surface area contributed by atoms with Crippen molar-refractivity contribution in [3.05, 3.63) is 59.3 Å². The fourth-order valence-corrected chi connectivity index (χ4v) is 1.93. The molecule has 0 saturated heterocycles. The maximum absolute atomic E-state index is 5.67. The van der Waals surface area contributed by atoms with Crippen molar-refractivity contribution in [2.45, 2.75) is 19.4 Å². The van der Waals surface area contributed by atoms with Gasteiger partial charge in [-0.2, -0.15) is 0 Å². The Bertz CT molecular complexity index is 507. The van der Waals surface area contributed by atoms with Gasteiger partial charge in [0.2, 0.25) is 0 Å². The molecule has 5 N–H and O–H groups in total. The molecule has 1 atom stereocenters. The van der Waals surface area contributed by atoms with Crippen LogP contribution in [0.25, 0.3) is 0 Å². The molecule has 1 unspecified atom stereocenters. The van der Waals surface area contributed by atoms with E-state index in [1.54, 1.807) is 6.20 Å². The van der Waals surface area contributed by atoms with E-state index in [0.29, 0.717) is 5.82 Å². The largest absolute Gasteiger partial charge is 0.384 e. The second kappa shape index (κ2) is 5.62. The SMILES string of the molecule is Cc1ccc(C(Cc2ccnc(N)c2)NN)cc1. The number of aryl methyl sites for hydroxylation is 1. The lowest BCUT2D eigenvalue weighted by atomic mass is 9.99. The van der Waals surface area contributed by atoms with Crippen molar-refractivity contribution in [2.24, 2.45) is 5.84 Å². The summed E-state index contributed by atoms with van der Waals surface area (Å²) in [5.74, 6) is 6.17. The Labute approximate surface area is 107 Å². The van der Waals surface area contributed by atoms with Crippen molar-refractivity contribution in [3.63, 3.8) is 0 Å². The summed E-state index contributed by atoms with van der Waals surface area (Å²) in [6.45, 7) is 2.07. The molecule has 0 spiro atoms. The van der Waals surface area contributed by atoms with Crippen molar-refractivity contribution < 1.29 is 0 Å². The van der Waals surface area contributed by atoms with Crippen LogP contribution in [0.3, 0.4) is 0 Å². The number of nitrogen functional groups attached to an aromatic ring is 1. The third-order valence-electron chi connectivity index (χ3n) is 2.97. The summed E-state index contributed by atoms with van der Waals surface area (Å²) < 4.78 is 0. The van der Waals surface area contributed by atoms with Gasteiger partial charge < -0.3 is 5.73 Å². The fourth-order valence-electron chi connectivity index (χ4n) is 1.93. The van der Waals surface area contributed by atoms with Crippen LogP contribution in [0.1, 0.15) is 22.7 Å². The van der Waals surface area contributed by atoms with Crippen molar-refractivity contribution in [3.8, 4) is 0 Å². The number of nitrogens with one attached hydrogen (secondary N) is 1.